The molecule has 0 saturated heterocycles. The van der Waals surface area contributed by atoms with E-state index in [2.05, 4.69) is 0 Å². The van der Waals surface area contributed by atoms with E-state index in [9.17, 15) is 14.0 Å². The second-order valence-electron chi connectivity index (χ2n) is 2.06. The van der Waals surface area contributed by atoms with Crippen LogP contribution in [-0.2, 0) is 11.3 Å². The Morgan fingerprint density at radius 1 is 1.67 bits per heavy atom. The molecule has 0 aliphatic rings. The van der Waals surface area contributed by atoms with Gasteiger partial charge in [0, 0.05) is 0 Å². The van der Waals surface area contributed by atoms with Crippen LogP contribution in [-0.4, -0.2) is 26.0 Å². The fourth-order valence-electron chi connectivity index (χ4n) is 0.694. The molecule has 0 fully saturated rings. The van der Waals surface area contributed by atoms with Crippen molar-refractivity contribution in [1.82, 2.24) is 9.78 Å². The second-order valence-corrected chi connectivity index (χ2v) is 2.06. The van der Waals surface area contributed by atoms with Crippen molar-refractivity contribution in [1.29, 1.82) is 0 Å². The molecule has 0 radical (unpaired) electrons. The number of carboxylic acid groups (broad SMARTS) is 1. The van der Waals surface area contributed by atoms with Gasteiger partial charge in [-0.1, -0.05) is 0 Å². The molecule has 6 nitrogen and oxygen atoms in total. The molecule has 0 amide bonds. The Bertz CT molecular complexity index is 366. The van der Waals surface area contributed by atoms with Crippen LogP contribution in [0.1, 0.15) is 0 Å². The Kier molecular flexibility index (Phi) is 1.86. The smallest absolute Gasteiger partial charge is 0.325 e. The lowest BCUT2D eigenvalue weighted by Gasteiger charge is -1.97. The van der Waals surface area contributed by atoms with Gasteiger partial charge in [0.1, 0.15) is 6.54 Å². The molecule has 0 aliphatic carbocycles. The van der Waals surface area contributed by atoms with Gasteiger partial charge in [0.15, 0.2) is 0 Å². The second kappa shape index (κ2) is 2.68. The quantitative estimate of drug-likeness (QED) is 0.544. The van der Waals surface area contributed by atoms with Crippen LogP contribution >= 0.6 is 0 Å². The Labute approximate surface area is 64.8 Å². The summed E-state index contributed by atoms with van der Waals surface area (Å²) in [6.07, 6.45) is 0. The van der Waals surface area contributed by atoms with Gasteiger partial charge in [-0.3, -0.25) is 14.7 Å². The van der Waals surface area contributed by atoms with Crippen LogP contribution < -0.4 is 5.56 Å². The third-order valence-corrected chi connectivity index (χ3v) is 1.18. The molecule has 0 saturated carbocycles. The summed E-state index contributed by atoms with van der Waals surface area (Å²) in [6.45, 7) is -0.689. The number of rotatable bonds is 2. The van der Waals surface area contributed by atoms with Gasteiger partial charge < -0.3 is 10.2 Å². The van der Waals surface area contributed by atoms with Crippen LogP contribution in [0.15, 0.2) is 4.79 Å². The van der Waals surface area contributed by atoms with Crippen molar-refractivity contribution < 1.29 is 19.4 Å². The minimum atomic E-state index is -1.38. The van der Waals surface area contributed by atoms with Crippen molar-refractivity contribution in [3.8, 4) is 5.88 Å². The molecule has 1 aromatic heterocycles. The molecular weight excluding hydrogens is 171 g/mol. The highest BCUT2D eigenvalue weighted by Gasteiger charge is 2.14. The fourth-order valence-corrected chi connectivity index (χ4v) is 0.694. The summed E-state index contributed by atoms with van der Waals surface area (Å²) in [5.41, 5.74) is -1.14. The summed E-state index contributed by atoms with van der Waals surface area (Å²) < 4.78 is 12.9. The first kappa shape index (κ1) is 8.31. The third kappa shape index (κ3) is 1.29. The maximum Gasteiger partial charge on any atom is 0.325 e. The number of aromatic amines is 1. The first-order chi connectivity index (χ1) is 5.52. The average Bonchev–Trinajstić information content (AvgIpc) is 2.17. The molecule has 0 aliphatic heterocycles. The zero-order chi connectivity index (χ0) is 9.30. The highest BCUT2D eigenvalue weighted by atomic mass is 19.1. The molecule has 1 rings (SSSR count). The van der Waals surface area contributed by atoms with Gasteiger partial charge in [-0.2, -0.15) is 4.39 Å². The molecule has 12 heavy (non-hydrogen) atoms. The molecule has 0 atom stereocenters. The predicted molar refractivity (Wildman–Crippen MR) is 34.3 cm³/mol. The normalized spacial score (nSPS) is 10.1. The van der Waals surface area contributed by atoms with Crippen molar-refractivity contribution in [2.24, 2.45) is 0 Å². The predicted octanol–water partition coefficient (Wildman–Crippen LogP) is -0.894. The van der Waals surface area contributed by atoms with Crippen molar-refractivity contribution >= 4 is 5.97 Å². The van der Waals surface area contributed by atoms with E-state index >= 15 is 0 Å². The van der Waals surface area contributed by atoms with E-state index in [1.54, 1.807) is 5.10 Å². The van der Waals surface area contributed by atoms with E-state index in [0.717, 1.165) is 0 Å². The summed E-state index contributed by atoms with van der Waals surface area (Å²) in [5.74, 6) is -3.67. The van der Waals surface area contributed by atoms with Gasteiger partial charge in [0.25, 0.3) is 5.82 Å². The van der Waals surface area contributed by atoms with Crippen LogP contribution in [0.25, 0.3) is 0 Å². The molecule has 1 aromatic rings. The van der Waals surface area contributed by atoms with Crippen molar-refractivity contribution in [3.63, 3.8) is 0 Å². The van der Waals surface area contributed by atoms with Gasteiger partial charge in [-0.05, 0) is 0 Å². The van der Waals surface area contributed by atoms with Crippen LogP contribution in [0.2, 0.25) is 0 Å². The molecule has 1 heterocycles. The van der Waals surface area contributed by atoms with Crippen molar-refractivity contribution in [3.05, 3.63) is 16.2 Å². The molecule has 0 unspecified atom stereocenters. The lowest BCUT2D eigenvalue weighted by Crippen LogP contribution is -2.12. The molecule has 7 heteroatoms. The minimum absolute atomic E-state index is 0.500. The van der Waals surface area contributed by atoms with Gasteiger partial charge in [0.05, 0.1) is 0 Å². The maximum absolute atomic E-state index is 12.4. The Morgan fingerprint density at radius 2 is 2.25 bits per heavy atom. The molecular formula is C5H5FN2O4. The van der Waals surface area contributed by atoms with E-state index in [4.69, 9.17) is 10.2 Å². The Morgan fingerprint density at radius 3 is 2.58 bits per heavy atom. The van der Waals surface area contributed by atoms with Gasteiger partial charge in [0.2, 0.25) is 5.88 Å². The van der Waals surface area contributed by atoms with Crippen molar-refractivity contribution in [2.45, 2.75) is 6.54 Å². The summed E-state index contributed by atoms with van der Waals surface area (Å²) >= 11 is 0. The van der Waals surface area contributed by atoms with E-state index in [1.807, 2.05) is 0 Å². The lowest BCUT2D eigenvalue weighted by atomic mass is 10.6. The molecule has 0 spiro atoms. The molecule has 0 aromatic carbocycles. The SMILES string of the molecule is O=C(O)Cn1[nH]c(=O)c(F)c1O. The van der Waals surface area contributed by atoms with Crippen molar-refractivity contribution in [2.75, 3.05) is 0 Å². The fraction of sp³-hybridized carbons (Fsp3) is 0.200. The van der Waals surface area contributed by atoms with Gasteiger partial charge in [-0.15, -0.1) is 0 Å². The number of aromatic nitrogens is 2. The first-order valence-electron chi connectivity index (χ1n) is 2.91. The highest BCUT2D eigenvalue weighted by Crippen LogP contribution is 2.08. The zero-order valence-corrected chi connectivity index (χ0v) is 5.74. The van der Waals surface area contributed by atoms with E-state index in [-0.39, 0.29) is 0 Å². The minimum Gasteiger partial charge on any atom is -0.491 e. The number of carbonyl (C=O) groups is 1. The van der Waals surface area contributed by atoms with Crippen LogP contribution in [0.5, 0.6) is 5.88 Å². The molecule has 3 N–H and O–H groups in total. The summed E-state index contributed by atoms with van der Waals surface area (Å²) in [7, 11) is 0. The van der Waals surface area contributed by atoms with E-state index in [0.29, 0.717) is 4.68 Å². The van der Waals surface area contributed by atoms with Crippen LogP contribution in [0, 0.1) is 5.82 Å². The number of aliphatic carboxylic acids is 1. The largest absolute Gasteiger partial charge is 0.491 e. The summed E-state index contributed by atoms with van der Waals surface area (Å²) in [4.78, 5) is 20.5. The number of aromatic hydroxyl groups is 1. The molecule has 66 valence electrons. The number of halogens is 1. The van der Waals surface area contributed by atoms with Gasteiger partial charge >= 0.3 is 11.5 Å². The first-order valence-corrected chi connectivity index (χ1v) is 2.91. The molecule has 0 bridgehead atoms. The third-order valence-electron chi connectivity index (χ3n) is 1.18. The number of nitrogens with zero attached hydrogens (tertiary/aromatic N) is 1. The number of carboxylic acids is 1. The zero-order valence-electron chi connectivity index (χ0n) is 5.74. The monoisotopic (exact) mass is 176 g/mol. The number of hydrogen-bond donors (Lipinski definition) is 3. The summed E-state index contributed by atoms with van der Waals surface area (Å²) in [6, 6.07) is 0. The summed E-state index contributed by atoms with van der Waals surface area (Å²) in [5, 5.41) is 18.8. The number of hydrogen-bond acceptors (Lipinski definition) is 3. The average molecular weight is 176 g/mol. The van der Waals surface area contributed by atoms with E-state index in [1.165, 1.54) is 0 Å². The van der Waals surface area contributed by atoms with E-state index < -0.39 is 29.8 Å². The maximum atomic E-state index is 12.4. The number of nitrogens with one attached hydrogen (secondary N) is 1. The Balaban J connectivity index is 3.09. The highest BCUT2D eigenvalue weighted by molar-refractivity contribution is 5.66. The van der Waals surface area contributed by atoms with Crippen LogP contribution in [0.3, 0.4) is 0 Å². The number of H-pyrrole nitrogens is 1. The van der Waals surface area contributed by atoms with Gasteiger partial charge in [-0.25, -0.2) is 4.68 Å². The lowest BCUT2D eigenvalue weighted by molar-refractivity contribution is -0.138. The standard InChI is InChI=1S/C5H5FN2O4/c6-3-4(11)7-8(5(3)12)1-2(9)10/h12H,1H2,(H,7,11)(H,9,10). The Hall–Kier alpha value is -1.79. The topological polar surface area (TPSA) is 95.3 Å². The van der Waals surface area contributed by atoms with Crippen LogP contribution in [0.4, 0.5) is 4.39 Å².